The predicted molar refractivity (Wildman–Crippen MR) is 198 cm³/mol. The van der Waals surface area contributed by atoms with Crippen LogP contribution in [-0.4, -0.2) is 153 Å². The molecule has 18 atom stereocenters. The van der Waals surface area contributed by atoms with Crippen LogP contribution in [-0.2, 0) is 23.9 Å². The highest BCUT2D eigenvalue weighted by molar-refractivity contribution is 6.12. The topological polar surface area (TPSA) is 300 Å². The first-order valence-electron chi connectivity index (χ1n) is 20.4. The van der Waals surface area contributed by atoms with E-state index in [0.29, 0.717) is 25.7 Å². The first-order valence-corrected chi connectivity index (χ1v) is 20.4. The van der Waals surface area contributed by atoms with Gasteiger partial charge in [0.05, 0.1) is 54.2 Å². The van der Waals surface area contributed by atoms with Gasteiger partial charge in [0.25, 0.3) is 0 Å². The minimum atomic E-state index is -2.68. The predicted octanol–water partition coefficient (Wildman–Crippen LogP) is -1.39. The number of hydrogen-bond acceptors (Lipinski definition) is 16. The Bertz CT molecular complexity index is 1530. The fourth-order valence-corrected chi connectivity index (χ4v) is 12.5. The van der Waals surface area contributed by atoms with Crippen molar-refractivity contribution >= 4 is 23.3 Å². The lowest BCUT2D eigenvalue weighted by molar-refractivity contribution is -0.248. The fraction of sp³-hybridized carbons (Fsp3) is 0.854. The number of ether oxygens (including phenoxy) is 1. The summed E-state index contributed by atoms with van der Waals surface area (Å²) >= 11 is 0. The first-order chi connectivity index (χ1) is 26.4. The highest BCUT2D eigenvalue weighted by atomic mass is 16.5. The monoisotopic (exact) mass is 812 g/mol. The third-order valence-corrected chi connectivity index (χ3v) is 15.5. The van der Waals surface area contributed by atoms with Crippen LogP contribution in [0.15, 0.2) is 11.6 Å². The molecule has 4 aliphatic carbocycles. The van der Waals surface area contributed by atoms with Crippen molar-refractivity contribution in [3.05, 3.63) is 11.6 Å². The molecule has 5 rings (SSSR count). The number of aliphatic hydroxyl groups is 11. The second-order valence-corrected chi connectivity index (χ2v) is 18.5. The molecule has 1 aliphatic heterocycles. The maximum absolute atomic E-state index is 15.4. The normalized spacial score (nSPS) is 41.1. The quantitative estimate of drug-likeness (QED) is 0.0632. The summed E-state index contributed by atoms with van der Waals surface area (Å²) in [5.74, 6) is -8.02. The van der Waals surface area contributed by atoms with E-state index in [2.05, 4.69) is 0 Å². The minimum absolute atomic E-state index is 0.0910. The van der Waals surface area contributed by atoms with Crippen LogP contribution in [0.3, 0.4) is 0 Å². The Morgan fingerprint density at radius 2 is 1.25 bits per heavy atom. The summed E-state index contributed by atoms with van der Waals surface area (Å²) in [5, 5.41) is 120. The van der Waals surface area contributed by atoms with Gasteiger partial charge in [-0.1, -0.05) is 13.8 Å². The van der Waals surface area contributed by atoms with Crippen LogP contribution in [0.25, 0.3) is 0 Å². The van der Waals surface area contributed by atoms with E-state index in [1.54, 1.807) is 6.92 Å². The molecule has 5 aliphatic rings. The summed E-state index contributed by atoms with van der Waals surface area (Å²) in [5.41, 5.74) is -5.77. The van der Waals surface area contributed by atoms with Crippen LogP contribution < -0.4 is 0 Å². The van der Waals surface area contributed by atoms with E-state index >= 15 is 9.59 Å². The van der Waals surface area contributed by atoms with Gasteiger partial charge >= 0.3 is 5.97 Å². The maximum atomic E-state index is 15.4. The van der Waals surface area contributed by atoms with Gasteiger partial charge in [-0.05, 0) is 100 Å². The molecule has 324 valence electrons. The zero-order valence-electron chi connectivity index (χ0n) is 33.5. The van der Waals surface area contributed by atoms with Gasteiger partial charge in [0.2, 0.25) is 0 Å². The number of aliphatic hydroxyl groups excluding tert-OH is 10. The average Bonchev–Trinajstić information content (AvgIpc) is 3.68. The molecule has 10 unspecified atom stereocenters. The lowest BCUT2D eigenvalue weighted by Crippen LogP contribution is -2.73. The number of cyclic esters (lactones) is 1. The molecule has 16 nitrogen and oxygen atoms in total. The standard InChI is InChI=1S/C41H64O16/c1-18(42)35(53)28(47)14-27(46)34-26(45)13-22-6-7-25-24(8-10-38(4)23(9-11-40(25,38)56)21-12-33(52)57-17-21)39(22,5)41(34,31(50)15-29(48)36(54)19(2)43)32(51)16-30(49)37(55)20(3)44/h12,18-20,22-26,28-30,34-37,42-45,47-49,53-56H,6-11,13-17H2,1-5H3/t18?,19?,20?,22-,23-,24+,25-,26-,28?,29?,30?,34?,35?,36?,37?,38-,39+,40+,41?/m1/s1. The summed E-state index contributed by atoms with van der Waals surface area (Å²) < 4.78 is 5.24. The molecule has 4 saturated carbocycles. The van der Waals surface area contributed by atoms with E-state index in [1.807, 2.05) is 6.92 Å². The molecule has 0 aromatic rings. The van der Waals surface area contributed by atoms with E-state index < -0.39 is 149 Å². The van der Waals surface area contributed by atoms with Crippen molar-refractivity contribution in [3.8, 4) is 0 Å². The van der Waals surface area contributed by atoms with Crippen molar-refractivity contribution in [2.75, 3.05) is 6.61 Å². The maximum Gasteiger partial charge on any atom is 0.331 e. The molecule has 0 amide bonds. The van der Waals surface area contributed by atoms with Crippen molar-refractivity contribution in [2.24, 2.45) is 45.8 Å². The smallest absolute Gasteiger partial charge is 0.331 e. The summed E-state index contributed by atoms with van der Waals surface area (Å²) in [6, 6.07) is 0. The van der Waals surface area contributed by atoms with E-state index in [9.17, 15) is 65.8 Å². The third-order valence-electron chi connectivity index (χ3n) is 15.5. The molecule has 0 aromatic heterocycles. The van der Waals surface area contributed by atoms with E-state index in [0.717, 1.165) is 5.57 Å². The second-order valence-electron chi connectivity index (χ2n) is 18.5. The Balaban J connectivity index is 1.73. The molecule has 0 saturated heterocycles. The van der Waals surface area contributed by atoms with Crippen molar-refractivity contribution in [1.82, 2.24) is 0 Å². The van der Waals surface area contributed by atoms with Crippen LogP contribution in [0.4, 0.5) is 0 Å². The van der Waals surface area contributed by atoms with E-state index in [4.69, 9.17) is 4.74 Å². The van der Waals surface area contributed by atoms with Crippen molar-refractivity contribution in [3.63, 3.8) is 0 Å². The number of fused-ring (bicyclic) bond motifs is 5. The van der Waals surface area contributed by atoms with Gasteiger partial charge in [0, 0.05) is 30.8 Å². The second kappa shape index (κ2) is 16.7. The van der Waals surface area contributed by atoms with Gasteiger partial charge < -0.3 is 60.9 Å². The summed E-state index contributed by atoms with van der Waals surface area (Å²) in [6.07, 6.45) is -17.5. The van der Waals surface area contributed by atoms with Crippen LogP contribution in [0.5, 0.6) is 0 Å². The SMILES string of the molecule is CC(O)C(O)C(O)CC(=O)C1[C@H](O)C[C@H]2CC[C@@H]3[C@H](CC[C@]4(C)[C@@H](C5=CC(=O)OC5)CC[C@]34O)[C@@]2(C)C1(C(=O)CC(O)C(O)C(C)O)C(=O)CC(O)C(O)C(C)O. The zero-order valence-corrected chi connectivity index (χ0v) is 33.5. The molecular weight excluding hydrogens is 748 g/mol. The lowest BCUT2D eigenvalue weighted by Gasteiger charge is -2.69. The third kappa shape index (κ3) is 7.38. The van der Waals surface area contributed by atoms with Gasteiger partial charge in [0.1, 0.15) is 36.1 Å². The molecule has 4 fully saturated rings. The Hall–Kier alpha value is -2.22. The average molecular weight is 813 g/mol. The summed E-state index contributed by atoms with van der Waals surface area (Å²) in [4.78, 5) is 57.7. The largest absolute Gasteiger partial charge is 0.458 e. The Kier molecular flexibility index (Phi) is 13.4. The Morgan fingerprint density at radius 1 is 0.737 bits per heavy atom. The molecule has 16 heteroatoms. The van der Waals surface area contributed by atoms with Crippen molar-refractivity contribution < 1.29 is 80.1 Å². The van der Waals surface area contributed by atoms with Gasteiger partial charge in [-0.2, -0.15) is 0 Å². The zero-order chi connectivity index (χ0) is 42.7. The number of rotatable bonds is 16. The fourth-order valence-electron chi connectivity index (χ4n) is 12.5. The van der Waals surface area contributed by atoms with Crippen LogP contribution in [0.2, 0.25) is 0 Å². The van der Waals surface area contributed by atoms with Gasteiger partial charge in [-0.25, -0.2) is 4.79 Å². The van der Waals surface area contributed by atoms with Crippen LogP contribution >= 0.6 is 0 Å². The summed E-state index contributed by atoms with van der Waals surface area (Å²) in [6.45, 7) is 7.19. The molecule has 57 heavy (non-hydrogen) atoms. The molecule has 0 spiro atoms. The van der Waals surface area contributed by atoms with E-state index in [-0.39, 0.29) is 31.8 Å². The first kappa shape index (κ1) is 45.9. The summed E-state index contributed by atoms with van der Waals surface area (Å²) in [7, 11) is 0. The molecular formula is C41H64O16. The van der Waals surface area contributed by atoms with Gasteiger partial charge in [0.15, 0.2) is 11.6 Å². The molecule has 0 radical (unpaired) electrons. The lowest BCUT2D eigenvalue weighted by atomic mass is 9.34. The van der Waals surface area contributed by atoms with Gasteiger partial charge in [-0.15, -0.1) is 0 Å². The number of Topliss-reactive ketones (excluding diaryl/α,β-unsaturated/α-hetero) is 3. The van der Waals surface area contributed by atoms with Crippen LogP contribution in [0, 0.1) is 45.8 Å². The highest BCUT2D eigenvalue weighted by Crippen LogP contribution is 2.74. The highest BCUT2D eigenvalue weighted by Gasteiger charge is 2.77. The molecule has 11 N–H and O–H groups in total. The van der Waals surface area contributed by atoms with Crippen LogP contribution in [0.1, 0.15) is 98.8 Å². The number of carbonyl (C=O) groups excluding carboxylic acids is 4. The van der Waals surface area contributed by atoms with Gasteiger partial charge in [-0.3, -0.25) is 14.4 Å². The Morgan fingerprint density at radius 3 is 1.72 bits per heavy atom. The molecule has 0 aromatic carbocycles. The molecule has 1 heterocycles. The number of ketones is 3. The number of hydrogen-bond donors (Lipinski definition) is 11. The van der Waals surface area contributed by atoms with Crippen molar-refractivity contribution in [2.45, 2.75) is 165 Å². The molecule has 0 bridgehead atoms. The number of carbonyl (C=O) groups is 4. The number of esters is 1. The van der Waals surface area contributed by atoms with E-state index in [1.165, 1.54) is 26.8 Å². The Labute approximate surface area is 332 Å². The minimum Gasteiger partial charge on any atom is -0.458 e. The van der Waals surface area contributed by atoms with Crippen molar-refractivity contribution in [1.29, 1.82) is 0 Å².